The number of carbonyl (C=O) groups is 2. The maximum atomic E-state index is 14.7. The summed E-state index contributed by atoms with van der Waals surface area (Å²) in [6.45, 7) is 4.88. The summed E-state index contributed by atoms with van der Waals surface area (Å²) in [5.74, 6) is -1.80. The van der Waals surface area contributed by atoms with Crippen LogP contribution in [0.2, 0.25) is 0 Å². The Kier molecular flexibility index (Phi) is 9.90. The molecule has 0 radical (unpaired) electrons. The van der Waals surface area contributed by atoms with Gasteiger partial charge < -0.3 is 10.2 Å². The van der Waals surface area contributed by atoms with Crippen LogP contribution in [0.25, 0.3) is 0 Å². The number of nitrogens with zero attached hydrogens (tertiary/aromatic N) is 2. The highest BCUT2D eigenvalue weighted by atomic mass is 79.9. The second-order valence-electron chi connectivity index (χ2n) is 10.3. The van der Waals surface area contributed by atoms with E-state index in [1.807, 2.05) is 75.4 Å². The molecule has 39 heavy (non-hydrogen) atoms. The van der Waals surface area contributed by atoms with E-state index in [2.05, 4.69) is 21.2 Å². The van der Waals surface area contributed by atoms with Gasteiger partial charge in [-0.15, -0.1) is 0 Å². The van der Waals surface area contributed by atoms with Crippen molar-refractivity contribution in [2.75, 3.05) is 17.1 Å². The highest BCUT2D eigenvalue weighted by molar-refractivity contribution is 9.10. The fourth-order valence-electron chi connectivity index (χ4n) is 4.09. The first-order valence-corrected chi connectivity index (χ1v) is 15.0. The van der Waals surface area contributed by atoms with E-state index in [4.69, 9.17) is 0 Å². The molecule has 1 unspecified atom stereocenters. The van der Waals surface area contributed by atoms with Crippen molar-refractivity contribution in [1.29, 1.82) is 0 Å². The molecule has 0 bridgehead atoms. The van der Waals surface area contributed by atoms with Crippen molar-refractivity contribution in [2.24, 2.45) is 0 Å². The average molecular weight is 619 g/mol. The Hall–Kier alpha value is -3.24. The van der Waals surface area contributed by atoms with Crippen LogP contribution in [0.15, 0.2) is 83.3 Å². The van der Waals surface area contributed by atoms with E-state index < -0.39 is 39.9 Å². The van der Waals surface area contributed by atoms with Crippen LogP contribution in [0.3, 0.4) is 0 Å². The summed E-state index contributed by atoms with van der Waals surface area (Å²) in [5.41, 5.74) is 0.737. The number of sulfonamides is 1. The van der Waals surface area contributed by atoms with Gasteiger partial charge in [-0.3, -0.25) is 13.9 Å². The SMILES string of the molecule is CC(C)(C)NC(=O)C(Cc1ccccc1)N(Cc1cccc(Br)c1)C(=O)CN(c1ccccc1F)S(C)(=O)=O. The van der Waals surface area contributed by atoms with Crippen LogP contribution in [-0.2, 0) is 32.6 Å². The summed E-state index contributed by atoms with van der Waals surface area (Å²) >= 11 is 3.44. The number of benzene rings is 3. The normalized spacial score (nSPS) is 12.5. The van der Waals surface area contributed by atoms with Crippen LogP contribution < -0.4 is 9.62 Å². The molecule has 1 N–H and O–H groups in total. The van der Waals surface area contributed by atoms with E-state index in [0.717, 1.165) is 32.2 Å². The maximum absolute atomic E-state index is 14.7. The summed E-state index contributed by atoms with van der Waals surface area (Å²) in [4.78, 5) is 29.0. The standard InChI is InChI=1S/C29H33BrFN3O4S/c1-29(2,3)32-28(36)26(18-21-11-6-5-7-12-21)33(19-22-13-10-14-23(30)17-22)27(35)20-34(39(4,37)38)25-16-9-8-15-24(25)31/h5-17,26H,18-20H2,1-4H3,(H,32,36). The largest absolute Gasteiger partial charge is 0.350 e. The number of carbonyl (C=O) groups excluding carboxylic acids is 2. The van der Waals surface area contributed by atoms with E-state index in [0.29, 0.717) is 0 Å². The lowest BCUT2D eigenvalue weighted by Crippen LogP contribution is -2.56. The molecule has 1 atom stereocenters. The Labute approximate surface area is 238 Å². The molecule has 3 aromatic rings. The van der Waals surface area contributed by atoms with Gasteiger partial charge in [-0.05, 0) is 56.2 Å². The van der Waals surface area contributed by atoms with Gasteiger partial charge in [0.2, 0.25) is 21.8 Å². The summed E-state index contributed by atoms with van der Waals surface area (Å²) in [7, 11) is -4.04. The monoisotopic (exact) mass is 617 g/mol. The topological polar surface area (TPSA) is 86.8 Å². The second kappa shape index (κ2) is 12.7. The Morgan fingerprint density at radius 3 is 2.15 bits per heavy atom. The molecule has 0 heterocycles. The van der Waals surface area contributed by atoms with Crippen molar-refractivity contribution in [3.63, 3.8) is 0 Å². The Morgan fingerprint density at radius 1 is 0.949 bits per heavy atom. The first-order chi connectivity index (χ1) is 18.2. The third kappa shape index (κ3) is 8.90. The Bertz CT molecular complexity index is 1410. The summed E-state index contributed by atoms with van der Waals surface area (Å²) in [6, 6.07) is 21.0. The quantitative estimate of drug-likeness (QED) is 0.350. The van der Waals surface area contributed by atoms with Gasteiger partial charge >= 0.3 is 0 Å². The van der Waals surface area contributed by atoms with Crippen LogP contribution in [0.4, 0.5) is 10.1 Å². The van der Waals surface area contributed by atoms with E-state index in [9.17, 15) is 22.4 Å². The maximum Gasteiger partial charge on any atom is 0.244 e. The number of rotatable bonds is 10. The first kappa shape index (κ1) is 30.3. The molecule has 7 nitrogen and oxygen atoms in total. The van der Waals surface area contributed by atoms with Crippen molar-refractivity contribution < 1.29 is 22.4 Å². The third-order valence-electron chi connectivity index (χ3n) is 5.81. The van der Waals surface area contributed by atoms with Gasteiger partial charge in [0, 0.05) is 23.0 Å². The molecular weight excluding hydrogens is 585 g/mol. The van der Waals surface area contributed by atoms with E-state index in [-0.39, 0.29) is 24.6 Å². The van der Waals surface area contributed by atoms with Crippen molar-refractivity contribution in [3.05, 3.63) is 100 Å². The average Bonchev–Trinajstić information content (AvgIpc) is 2.84. The van der Waals surface area contributed by atoms with Gasteiger partial charge in [0.1, 0.15) is 18.4 Å². The minimum absolute atomic E-state index is 0.0300. The molecule has 0 saturated heterocycles. The highest BCUT2D eigenvalue weighted by Gasteiger charge is 2.34. The third-order valence-corrected chi connectivity index (χ3v) is 7.43. The molecule has 0 spiro atoms. The molecule has 3 aromatic carbocycles. The zero-order valence-corrected chi connectivity index (χ0v) is 24.8. The van der Waals surface area contributed by atoms with Gasteiger partial charge in [-0.2, -0.15) is 0 Å². The second-order valence-corrected chi connectivity index (χ2v) is 13.1. The molecule has 0 aliphatic rings. The van der Waals surface area contributed by atoms with Gasteiger partial charge in [0.25, 0.3) is 0 Å². The van der Waals surface area contributed by atoms with Crippen LogP contribution in [0.1, 0.15) is 31.9 Å². The number of nitrogens with one attached hydrogen (secondary N) is 1. The minimum atomic E-state index is -4.04. The number of hydrogen-bond acceptors (Lipinski definition) is 4. The van der Waals surface area contributed by atoms with E-state index >= 15 is 0 Å². The number of hydrogen-bond donors (Lipinski definition) is 1. The van der Waals surface area contributed by atoms with E-state index in [1.165, 1.54) is 23.1 Å². The fourth-order valence-corrected chi connectivity index (χ4v) is 5.38. The molecule has 0 aliphatic carbocycles. The van der Waals surface area contributed by atoms with Crippen LogP contribution >= 0.6 is 15.9 Å². The molecule has 0 aromatic heterocycles. The van der Waals surface area contributed by atoms with Gasteiger partial charge in [-0.25, -0.2) is 12.8 Å². The smallest absolute Gasteiger partial charge is 0.244 e. The van der Waals surface area contributed by atoms with E-state index in [1.54, 1.807) is 0 Å². The molecular formula is C29H33BrFN3O4S. The zero-order valence-electron chi connectivity index (χ0n) is 22.4. The number of para-hydroxylation sites is 1. The summed E-state index contributed by atoms with van der Waals surface area (Å²) in [5, 5.41) is 2.96. The molecule has 0 fully saturated rings. The van der Waals surface area contributed by atoms with Crippen molar-refractivity contribution in [1.82, 2.24) is 10.2 Å². The van der Waals surface area contributed by atoms with Gasteiger partial charge in [-0.1, -0.05) is 70.5 Å². The molecule has 2 amide bonds. The number of halogens is 2. The predicted octanol–water partition coefficient (Wildman–Crippen LogP) is 4.91. The van der Waals surface area contributed by atoms with Crippen molar-refractivity contribution >= 4 is 43.5 Å². The molecule has 0 saturated carbocycles. The molecule has 208 valence electrons. The molecule has 0 aliphatic heterocycles. The summed E-state index contributed by atoms with van der Waals surface area (Å²) in [6.07, 6.45) is 1.11. The fraction of sp³-hybridized carbons (Fsp3) is 0.310. The van der Waals surface area contributed by atoms with Crippen LogP contribution in [-0.4, -0.2) is 49.5 Å². The van der Waals surface area contributed by atoms with Gasteiger partial charge in [0.05, 0.1) is 11.9 Å². The molecule has 3 rings (SSSR count). The lowest BCUT2D eigenvalue weighted by atomic mass is 10.0. The highest BCUT2D eigenvalue weighted by Crippen LogP contribution is 2.23. The van der Waals surface area contributed by atoms with Crippen molar-refractivity contribution in [2.45, 2.75) is 45.3 Å². The lowest BCUT2D eigenvalue weighted by molar-refractivity contribution is -0.140. The van der Waals surface area contributed by atoms with Crippen LogP contribution in [0.5, 0.6) is 0 Å². The number of amides is 2. The van der Waals surface area contributed by atoms with Crippen molar-refractivity contribution in [3.8, 4) is 0 Å². The zero-order chi connectivity index (χ0) is 28.8. The lowest BCUT2D eigenvalue weighted by Gasteiger charge is -2.35. The number of anilines is 1. The van der Waals surface area contributed by atoms with Crippen LogP contribution in [0, 0.1) is 5.82 Å². The predicted molar refractivity (Wildman–Crippen MR) is 155 cm³/mol. The Balaban J connectivity index is 2.09. The minimum Gasteiger partial charge on any atom is -0.350 e. The van der Waals surface area contributed by atoms with Gasteiger partial charge in [0.15, 0.2) is 0 Å². The molecule has 10 heteroatoms. The Morgan fingerprint density at radius 2 is 1.56 bits per heavy atom. The first-order valence-electron chi connectivity index (χ1n) is 12.4. The summed E-state index contributed by atoms with van der Waals surface area (Å²) < 4.78 is 41.7.